The standard InChI is InChI=1S/C19H20N4O2/c24-15-5-3-4-14(12-15)23-10-8-22(9-11-23)13-18-20-17-7-2-1-6-16(17)19(25)21-18/h1-7,12,24H,8-11,13H2,(H,20,21,25). The van der Waals surface area contributed by atoms with E-state index in [1.807, 2.05) is 30.3 Å². The number of phenolic OH excluding ortho intramolecular Hbond substituents is 1. The molecular weight excluding hydrogens is 316 g/mol. The summed E-state index contributed by atoms with van der Waals surface area (Å²) in [6.07, 6.45) is 0. The number of hydrogen-bond donors (Lipinski definition) is 2. The summed E-state index contributed by atoms with van der Waals surface area (Å²) in [4.78, 5) is 24.2. The van der Waals surface area contributed by atoms with Crippen molar-refractivity contribution in [1.29, 1.82) is 0 Å². The number of aromatic nitrogens is 2. The van der Waals surface area contributed by atoms with E-state index < -0.39 is 0 Å². The molecule has 0 radical (unpaired) electrons. The normalized spacial score (nSPS) is 15.6. The van der Waals surface area contributed by atoms with E-state index in [4.69, 9.17) is 0 Å². The Morgan fingerprint density at radius 3 is 2.64 bits per heavy atom. The number of fused-ring (bicyclic) bond motifs is 1. The topological polar surface area (TPSA) is 72.5 Å². The molecule has 0 amide bonds. The number of para-hydroxylation sites is 1. The van der Waals surface area contributed by atoms with Crippen molar-refractivity contribution in [3.05, 3.63) is 64.7 Å². The van der Waals surface area contributed by atoms with Crippen molar-refractivity contribution in [3.63, 3.8) is 0 Å². The first-order valence-electron chi connectivity index (χ1n) is 8.43. The maximum absolute atomic E-state index is 12.2. The van der Waals surface area contributed by atoms with Gasteiger partial charge >= 0.3 is 0 Å². The lowest BCUT2D eigenvalue weighted by molar-refractivity contribution is 0.244. The number of nitrogens with one attached hydrogen (secondary N) is 1. The van der Waals surface area contributed by atoms with Gasteiger partial charge in [-0.2, -0.15) is 0 Å². The summed E-state index contributed by atoms with van der Waals surface area (Å²) in [5.74, 6) is 0.993. The number of phenols is 1. The third-order valence-corrected chi connectivity index (χ3v) is 4.60. The van der Waals surface area contributed by atoms with Crippen LogP contribution in [0, 0.1) is 0 Å². The molecule has 128 valence electrons. The average molecular weight is 336 g/mol. The monoisotopic (exact) mass is 336 g/mol. The number of piperazine rings is 1. The molecule has 0 spiro atoms. The Morgan fingerprint density at radius 2 is 1.84 bits per heavy atom. The van der Waals surface area contributed by atoms with Crippen LogP contribution in [0.15, 0.2) is 53.3 Å². The van der Waals surface area contributed by atoms with Gasteiger partial charge in [0.2, 0.25) is 0 Å². The maximum Gasteiger partial charge on any atom is 0.258 e. The molecule has 0 unspecified atom stereocenters. The second kappa shape index (κ2) is 6.57. The van der Waals surface area contributed by atoms with Gasteiger partial charge in [0.1, 0.15) is 11.6 Å². The minimum atomic E-state index is -0.0843. The van der Waals surface area contributed by atoms with Gasteiger partial charge in [0.25, 0.3) is 5.56 Å². The van der Waals surface area contributed by atoms with Gasteiger partial charge in [0.05, 0.1) is 17.4 Å². The largest absolute Gasteiger partial charge is 0.508 e. The van der Waals surface area contributed by atoms with E-state index in [2.05, 4.69) is 19.8 Å². The SMILES string of the molecule is O=c1[nH]c(CN2CCN(c3cccc(O)c3)CC2)nc2ccccc12. The molecule has 0 bridgehead atoms. The highest BCUT2D eigenvalue weighted by molar-refractivity contribution is 5.77. The van der Waals surface area contributed by atoms with Crippen LogP contribution in [0.25, 0.3) is 10.9 Å². The van der Waals surface area contributed by atoms with E-state index in [1.54, 1.807) is 18.2 Å². The number of rotatable bonds is 3. The number of H-pyrrole nitrogens is 1. The van der Waals surface area contributed by atoms with Crippen molar-refractivity contribution >= 4 is 16.6 Å². The first kappa shape index (κ1) is 15.7. The second-order valence-electron chi connectivity index (χ2n) is 6.31. The molecule has 1 fully saturated rings. The van der Waals surface area contributed by atoms with Crippen LogP contribution in [0.3, 0.4) is 0 Å². The number of anilines is 1. The van der Waals surface area contributed by atoms with Crippen molar-refractivity contribution in [2.45, 2.75) is 6.54 Å². The molecule has 2 heterocycles. The summed E-state index contributed by atoms with van der Waals surface area (Å²) < 4.78 is 0. The van der Waals surface area contributed by atoms with Crippen LogP contribution in [0.2, 0.25) is 0 Å². The van der Waals surface area contributed by atoms with Gasteiger partial charge in [-0.25, -0.2) is 4.98 Å². The molecule has 1 aliphatic rings. The van der Waals surface area contributed by atoms with E-state index in [9.17, 15) is 9.90 Å². The Balaban J connectivity index is 1.44. The van der Waals surface area contributed by atoms with Crippen LogP contribution in [0.5, 0.6) is 5.75 Å². The van der Waals surface area contributed by atoms with Gasteiger partial charge in [-0.05, 0) is 24.3 Å². The highest BCUT2D eigenvalue weighted by Gasteiger charge is 2.18. The Kier molecular flexibility index (Phi) is 4.11. The van der Waals surface area contributed by atoms with Crippen LogP contribution in [0.1, 0.15) is 5.82 Å². The van der Waals surface area contributed by atoms with Crippen LogP contribution in [-0.2, 0) is 6.54 Å². The summed E-state index contributed by atoms with van der Waals surface area (Å²) >= 11 is 0. The van der Waals surface area contributed by atoms with Gasteiger partial charge in [0, 0.05) is 37.9 Å². The van der Waals surface area contributed by atoms with Gasteiger partial charge < -0.3 is 15.0 Å². The summed E-state index contributed by atoms with van der Waals surface area (Å²) in [5.41, 5.74) is 1.69. The van der Waals surface area contributed by atoms with Crippen LogP contribution < -0.4 is 10.5 Å². The smallest absolute Gasteiger partial charge is 0.258 e. The summed E-state index contributed by atoms with van der Waals surface area (Å²) in [6.45, 7) is 4.15. The van der Waals surface area contributed by atoms with Crippen LogP contribution in [-0.4, -0.2) is 46.2 Å². The Bertz CT molecular complexity index is 945. The minimum absolute atomic E-state index is 0.0843. The number of benzene rings is 2. The fourth-order valence-electron chi connectivity index (χ4n) is 3.28. The van der Waals surface area contributed by atoms with Gasteiger partial charge in [0.15, 0.2) is 0 Å². The van der Waals surface area contributed by atoms with E-state index >= 15 is 0 Å². The third-order valence-electron chi connectivity index (χ3n) is 4.60. The van der Waals surface area contributed by atoms with E-state index in [0.29, 0.717) is 17.8 Å². The fourth-order valence-corrected chi connectivity index (χ4v) is 3.28. The zero-order valence-electron chi connectivity index (χ0n) is 13.9. The molecule has 3 aromatic rings. The molecule has 4 rings (SSSR count). The number of aromatic hydroxyl groups is 1. The zero-order chi connectivity index (χ0) is 17.2. The Morgan fingerprint density at radius 1 is 1.04 bits per heavy atom. The number of nitrogens with zero attached hydrogens (tertiary/aromatic N) is 3. The lowest BCUT2D eigenvalue weighted by Crippen LogP contribution is -2.46. The molecular formula is C19H20N4O2. The summed E-state index contributed by atoms with van der Waals surface area (Å²) in [6, 6.07) is 14.7. The molecule has 0 saturated carbocycles. The van der Waals surface area contributed by atoms with Crippen molar-refractivity contribution in [3.8, 4) is 5.75 Å². The maximum atomic E-state index is 12.2. The molecule has 6 heteroatoms. The number of hydrogen-bond acceptors (Lipinski definition) is 5. The van der Waals surface area contributed by atoms with Crippen LogP contribution in [0.4, 0.5) is 5.69 Å². The first-order valence-corrected chi connectivity index (χ1v) is 8.43. The van der Waals surface area contributed by atoms with Crippen LogP contribution >= 0.6 is 0 Å². The molecule has 0 aliphatic carbocycles. The third kappa shape index (κ3) is 3.34. The summed E-state index contributed by atoms with van der Waals surface area (Å²) in [5, 5.41) is 10.2. The first-order chi connectivity index (χ1) is 12.2. The van der Waals surface area contributed by atoms with E-state index in [-0.39, 0.29) is 11.3 Å². The zero-order valence-corrected chi connectivity index (χ0v) is 13.9. The van der Waals surface area contributed by atoms with E-state index in [0.717, 1.165) is 37.4 Å². The second-order valence-corrected chi connectivity index (χ2v) is 6.31. The molecule has 1 aliphatic heterocycles. The summed E-state index contributed by atoms with van der Waals surface area (Å²) in [7, 11) is 0. The van der Waals surface area contributed by atoms with Crippen molar-refractivity contribution in [1.82, 2.24) is 14.9 Å². The molecule has 1 aromatic heterocycles. The van der Waals surface area contributed by atoms with Gasteiger partial charge in [-0.15, -0.1) is 0 Å². The highest BCUT2D eigenvalue weighted by Crippen LogP contribution is 2.21. The number of aromatic amines is 1. The highest BCUT2D eigenvalue weighted by atomic mass is 16.3. The lowest BCUT2D eigenvalue weighted by atomic mass is 10.2. The van der Waals surface area contributed by atoms with Crippen molar-refractivity contribution < 1.29 is 5.11 Å². The van der Waals surface area contributed by atoms with E-state index in [1.165, 1.54) is 0 Å². The lowest BCUT2D eigenvalue weighted by Gasteiger charge is -2.35. The predicted molar refractivity (Wildman–Crippen MR) is 98.0 cm³/mol. The molecule has 25 heavy (non-hydrogen) atoms. The van der Waals surface area contributed by atoms with Gasteiger partial charge in [-0.1, -0.05) is 18.2 Å². The molecule has 1 saturated heterocycles. The Labute approximate surface area is 145 Å². The van der Waals surface area contributed by atoms with Crippen molar-refractivity contribution in [2.75, 3.05) is 31.1 Å². The quantitative estimate of drug-likeness (QED) is 0.765. The molecule has 2 aromatic carbocycles. The average Bonchev–Trinajstić information content (AvgIpc) is 2.62. The molecule has 2 N–H and O–H groups in total. The molecule has 6 nitrogen and oxygen atoms in total. The predicted octanol–water partition coefficient (Wildman–Crippen LogP) is 1.95. The van der Waals surface area contributed by atoms with Crippen molar-refractivity contribution in [2.24, 2.45) is 0 Å². The minimum Gasteiger partial charge on any atom is -0.508 e. The fraction of sp³-hybridized carbons (Fsp3) is 0.263. The Hall–Kier alpha value is -2.86. The van der Waals surface area contributed by atoms with Gasteiger partial charge in [-0.3, -0.25) is 9.69 Å². The molecule has 0 atom stereocenters.